The van der Waals surface area contributed by atoms with Gasteiger partial charge < -0.3 is 35.9 Å². The number of ether oxygens (including phenoxy) is 3. The molecule has 0 spiro atoms. The fraction of sp³-hybridized carbons (Fsp3) is 0.529. The first-order valence-electron chi connectivity index (χ1n) is 15.5. The number of phenols is 1. The molecule has 0 radical (unpaired) electrons. The summed E-state index contributed by atoms with van der Waals surface area (Å²) in [6.45, 7) is 1.34. The Morgan fingerprint density at radius 3 is 2.82 bits per heavy atom. The Labute approximate surface area is 259 Å². The first-order valence-corrected chi connectivity index (χ1v) is 15.5. The lowest BCUT2D eigenvalue weighted by Gasteiger charge is -2.36. The first kappa shape index (κ1) is 31.5. The molecule has 0 fully saturated rings. The number of carbonyl (C=O) groups excluding carboxylic acids is 1. The number of carbonyl (C=O) groups is 1. The maximum absolute atomic E-state index is 13.0. The van der Waals surface area contributed by atoms with Crippen LogP contribution >= 0.6 is 0 Å². The van der Waals surface area contributed by atoms with E-state index in [1.54, 1.807) is 12.1 Å². The number of phenolic OH excluding ortho intramolecular Hbond substituents is 1. The van der Waals surface area contributed by atoms with Crippen molar-refractivity contribution < 1.29 is 29.2 Å². The number of rotatable bonds is 7. The van der Waals surface area contributed by atoms with Crippen LogP contribution in [-0.2, 0) is 17.6 Å². The lowest BCUT2D eigenvalue weighted by molar-refractivity contribution is -0.121. The Hall–Kier alpha value is -3.94. The van der Waals surface area contributed by atoms with Gasteiger partial charge >= 0.3 is 0 Å². The molecule has 4 unspecified atom stereocenters. The van der Waals surface area contributed by atoms with Crippen molar-refractivity contribution in [2.24, 2.45) is 22.4 Å². The van der Waals surface area contributed by atoms with Gasteiger partial charge in [-0.1, -0.05) is 30.4 Å². The summed E-state index contributed by atoms with van der Waals surface area (Å²) in [6, 6.07) is 5.52. The number of nitrogens with one attached hydrogen (secondary N) is 1. The van der Waals surface area contributed by atoms with Crippen molar-refractivity contribution in [1.29, 1.82) is 0 Å². The number of aryl methyl sites for hydroxylation is 1. The maximum Gasteiger partial charge on any atom is 0.185 e. The number of nitrogens with two attached hydrogens (primary N) is 2. The smallest absolute Gasteiger partial charge is 0.185 e. The van der Waals surface area contributed by atoms with Crippen molar-refractivity contribution >= 4 is 11.7 Å². The number of hydrogen-bond donors (Lipinski definition) is 5. The van der Waals surface area contributed by atoms with Gasteiger partial charge in [-0.3, -0.25) is 15.1 Å². The fourth-order valence-corrected chi connectivity index (χ4v) is 7.02. The summed E-state index contributed by atoms with van der Waals surface area (Å²) in [4.78, 5) is 17.3. The molecule has 10 nitrogen and oxygen atoms in total. The van der Waals surface area contributed by atoms with Crippen molar-refractivity contribution in [3.05, 3.63) is 46.0 Å². The molecule has 0 saturated carbocycles. The molecule has 0 saturated heterocycles. The Morgan fingerprint density at radius 1 is 1.20 bits per heavy atom. The van der Waals surface area contributed by atoms with Crippen LogP contribution in [0.4, 0.5) is 0 Å². The van der Waals surface area contributed by atoms with Crippen LogP contribution in [0.2, 0.25) is 0 Å². The minimum Gasteiger partial charge on any atom is -0.504 e. The molecule has 236 valence electrons. The number of aliphatic hydroxyl groups excluding tert-OH is 1. The van der Waals surface area contributed by atoms with Gasteiger partial charge in [-0.15, -0.1) is 0 Å². The molecule has 44 heavy (non-hydrogen) atoms. The molecule has 2 aromatic rings. The average Bonchev–Trinajstić information content (AvgIpc) is 3.16. The van der Waals surface area contributed by atoms with Gasteiger partial charge in [0, 0.05) is 42.9 Å². The molecule has 0 amide bonds. The third kappa shape index (κ3) is 6.90. The van der Waals surface area contributed by atoms with Gasteiger partial charge in [0.15, 0.2) is 29.0 Å². The number of aromatic hydroxyl groups is 1. The van der Waals surface area contributed by atoms with Gasteiger partial charge in [-0.25, -0.2) is 0 Å². The van der Waals surface area contributed by atoms with Crippen molar-refractivity contribution in [1.82, 2.24) is 5.32 Å². The SMILES string of the molecule is CNCOc1c2cc3c4c1OCC(CCN=C(N)N)C4CCCC3CC(O)CC(=O)CCc1ccc(O)c(OC)c1C#CC2. The van der Waals surface area contributed by atoms with E-state index in [0.29, 0.717) is 50.5 Å². The number of ketones is 1. The van der Waals surface area contributed by atoms with Gasteiger partial charge in [-0.05, 0) is 68.2 Å². The van der Waals surface area contributed by atoms with Crippen LogP contribution in [0.3, 0.4) is 0 Å². The lowest BCUT2D eigenvalue weighted by Crippen LogP contribution is -2.29. The number of nitrogens with zero attached hydrogens (tertiary/aromatic N) is 1. The number of benzene rings is 2. The zero-order valence-corrected chi connectivity index (χ0v) is 25.7. The van der Waals surface area contributed by atoms with E-state index in [-0.39, 0.29) is 53.8 Å². The molecule has 10 heteroatoms. The Morgan fingerprint density at radius 2 is 2.05 bits per heavy atom. The quantitative estimate of drug-likeness (QED) is 0.138. The van der Waals surface area contributed by atoms with Crippen LogP contribution in [0.15, 0.2) is 23.2 Å². The van der Waals surface area contributed by atoms with Crippen LogP contribution in [0.5, 0.6) is 23.0 Å². The van der Waals surface area contributed by atoms with Gasteiger partial charge in [-0.2, -0.15) is 0 Å². The van der Waals surface area contributed by atoms with Crippen molar-refractivity contribution in [2.45, 2.75) is 75.7 Å². The van der Waals surface area contributed by atoms with E-state index in [9.17, 15) is 15.0 Å². The molecular weight excluding hydrogens is 560 g/mol. The molecule has 4 atom stereocenters. The molecule has 2 bridgehead atoms. The predicted octanol–water partition coefficient (Wildman–Crippen LogP) is 3.23. The summed E-state index contributed by atoms with van der Waals surface area (Å²) in [7, 11) is 3.32. The predicted molar refractivity (Wildman–Crippen MR) is 168 cm³/mol. The minimum atomic E-state index is -0.763. The van der Waals surface area contributed by atoms with Crippen LogP contribution in [0, 0.1) is 17.8 Å². The zero-order valence-electron chi connectivity index (χ0n) is 25.7. The number of fused-ring (bicyclic) bond motifs is 2. The molecule has 1 heterocycles. The summed E-state index contributed by atoms with van der Waals surface area (Å²) in [5, 5.41) is 24.7. The number of methoxy groups -OCH3 is 1. The molecule has 1 aliphatic heterocycles. The van der Waals surface area contributed by atoms with E-state index < -0.39 is 6.10 Å². The van der Waals surface area contributed by atoms with E-state index in [0.717, 1.165) is 53.7 Å². The molecule has 0 aromatic heterocycles. The van der Waals surface area contributed by atoms with Gasteiger partial charge in [0.25, 0.3) is 0 Å². The first-order chi connectivity index (χ1) is 21.3. The molecule has 5 rings (SSSR count). The number of aliphatic hydroxyl groups is 1. The Kier molecular flexibility index (Phi) is 10.2. The summed E-state index contributed by atoms with van der Waals surface area (Å²) < 4.78 is 18.4. The minimum absolute atomic E-state index is 0.00789. The van der Waals surface area contributed by atoms with E-state index in [2.05, 4.69) is 28.2 Å². The van der Waals surface area contributed by atoms with Gasteiger partial charge in [0.05, 0.1) is 25.4 Å². The van der Waals surface area contributed by atoms with E-state index in [1.807, 2.05) is 7.05 Å². The highest BCUT2D eigenvalue weighted by Gasteiger charge is 2.39. The van der Waals surface area contributed by atoms with Crippen molar-refractivity contribution in [3.8, 4) is 34.8 Å². The molecule has 7 N–H and O–H groups in total. The summed E-state index contributed by atoms with van der Waals surface area (Å²) >= 11 is 0. The summed E-state index contributed by atoms with van der Waals surface area (Å²) in [6.07, 6.45) is 4.55. The maximum atomic E-state index is 13.0. The Bertz CT molecular complexity index is 1460. The molecular formula is C34H44N4O6. The Balaban J connectivity index is 1.65. The highest BCUT2D eigenvalue weighted by Crippen LogP contribution is 2.54. The normalized spacial score (nSPS) is 22.9. The topological polar surface area (TPSA) is 162 Å². The van der Waals surface area contributed by atoms with E-state index >= 15 is 0 Å². The summed E-state index contributed by atoms with van der Waals surface area (Å²) in [5.41, 5.74) is 15.7. The van der Waals surface area contributed by atoms with E-state index in [4.69, 9.17) is 25.7 Å². The highest BCUT2D eigenvalue weighted by atomic mass is 16.5. The molecule has 3 aliphatic rings. The number of Topliss-reactive ketones (excluding diaryl/α,β-unsaturated/α-hetero) is 1. The van der Waals surface area contributed by atoms with Gasteiger partial charge in [0.1, 0.15) is 12.5 Å². The molecule has 2 aromatic carbocycles. The van der Waals surface area contributed by atoms with Crippen LogP contribution in [-0.4, -0.2) is 62.1 Å². The third-order valence-corrected chi connectivity index (χ3v) is 9.04. The monoisotopic (exact) mass is 604 g/mol. The van der Waals surface area contributed by atoms with Crippen LogP contribution in [0.25, 0.3) is 0 Å². The van der Waals surface area contributed by atoms with E-state index in [1.165, 1.54) is 7.11 Å². The van der Waals surface area contributed by atoms with Crippen LogP contribution in [0.1, 0.15) is 84.6 Å². The summed E-state index contributed by atoms with van der Waals surface area (Å²) in [5.74, 6) is 8.81. The van der Waals surface area contributed by atoms with Crippen LogP contribution < -0.4 is 31.0 Å². The number of aliphatic imine (C=N–C) groups is 1. The fourth-order valence-electron chi connectivity index (χ4n) is 7.02. The second kappa shape index (κ2) is 14.2. The van der Waals surface area contributed by atoms with Crippen molar-refractivity contribution in [3.63, 3.8) is 0 Å². The number of guanidine groups is 1. The van der Waals surface area contributed by atoms with Crippen molar-refractivity contribution in [2.75, 3.05) is 34.0 Å². The van der Waals surface area contributed by atoms with Gasteiger partial charge in [0.2, 0.25) is 0 Å². The third-order valence-electron chi connectivity index (χ3n) is 9.04. The second-order valence-corrected chi connectivity index (χ2v) is 12.0. The zero-order chi connectivity index (χ0) is 31.2. The highest BCUT2D eigenvalue weighted by molar-refractivity contribution is 5.79. The average molecular weight is 605 g/mol. The second-order valence-electron chi connectivity index (χ2n) is 12.0. The largest absolute Gasteiger partial charge is 0.504 e. The number of hydrogen-bond acceptors (Lipinski definition) is 8. The lowest BCUT2D eigenvalue weighted by atomic mass is 9.76. The molecule has 2 aliphatic carbocycles. The standard InChI is InChI=1S/C34H44N4O6/c1-37-19-44-31-22-6-4-8-27-20(10-12-29(41)32(27)42-2)9-11-24(39)17-25(40)15-21-5-3-7-26-23(13-14-38-34(35)36)18-43-33(31)30(26)28(21)16-22/h10,12,16,21,23,25-26,37,40-41H,3,5-7,9,11,13-15,17-19H2,1-2H3,(H4,35,36,38).